The average molecular weight is 342 g/mol. The second-order valence-electron chi connectivity index (χ2n) is 5.81. The van der Waals surface area contributed by atoms with E-state index in [0.29, 0.717) is 23.8 Å². The summed E-state index contributed by atoms with van der Waals surface area (Å²) in [6, 6.07) is 6.46. The van der Waals surface area contributed by atoms with Crippen LogP contribution in [0, 0.1) is 0 Å². The Labute approximate surface area is 141 Å². The van der Waals surface area contributed by atoms with E-state index in [9.17, 15) is 9.90 Å². The summed E-state index contributed by atoms with van der Waals surface area (Å²) >= 11 is 5.99. The molecular weight excluding hydrogens is 318 g/mol. The Kier molecular flexibility index (Phi) is 6.41. The van der Waals surface area contributed by atoms with E-state index < -0.39 is 11.5 Å². The highest BCUT2D eigenvalue weighted by atomic mass is 35.5. The Hall–Kier alpha value is -1.14. The molecule has 0 unspecified atom stereocenters. The third kappa shape index (κ3) is 4.23. The van der Waals surface area contributed by atoms with Crippen LogP contribution in [0.2, 0.25) is 5.02 Å². The second kappa shape index (κ2) is 8.11. The SMILES string of the molecule is CC[C@](O)(C(=O)N[C@H](COC)[C@H]1CCCO1)c1cccc(Cl)c1. The first kappa shape index (κ1) is 18.2. The van der Waals surface area contributed by atoms with Crippen molar-refractivity contribution in [1.82, 2.24) is 5.32 Å². The summed E-state index contributed by atoms with van der Waals surface area (Å²) in [4.78, 5) is 12.7. The number of halogens is 1. The van der Waals surface area contributed by atoms with Crippen LogP contribution in [0.5, 0.6) is 0 Å². The summed E-state index contributed by atoms with van der Waals surface area (Å²) in [5.74, 6) is -0.459. The van der Waals surface area contributed by atoms with Gasteiger partial charge in [0.1, 0.15) is 0 Å². The van der Waals surface area contributed by atoms with Crippen LogP contribution in [0.25, 0.3) is 0 Å². The van der Waals surface area contributed by atoms with Crippen LogP contribution in [0.3, 0.4) is 0 Å². The van der Waals surface area contributed by atoms with Gasteiger partial charge in [0.2, 0.25) is 0 Å². The van der Waals surface area contributed by atoms with Crippen LogP contribution in [-0.2, 0) is 19.9 Å². The standard InChI is InChI=1S/C17H24ClNO4/c1-3-17(21,12-6-4-7-13(18)10-12)16(20)19-14(11-22-2)15-8-5-9-23-15/h4,6-7,10,14-15,21H,3,5,8-9,11H2,1-2H3,(H,19,20)/t14-,15-,17-/m1/s1. The van der Waals surface area contributed by atoms with Gasteiger partial charge in [-0.2, -0.15) is 0 Å². The molecule has 1 saturated heterocycles. The lowest BCUT2D eigenvalue weighted by atomic mass is 9.89. The van der Waals surface area contributed by atoms with E-state index in [-0.39, 0.29) is 18.6 Å². The minimum absolute atomic E-state index is 0.0839. The molecule has 1 aromatic carbocycles. The van der Waals surface area contributed by atoms with E-state index in [4.69, 9.17) is 21.1 Å². The highest BCUT2D eigenvalue weighted by Crippen LogP contribution is 2.28. The molecule has 0 bridgehead atoms. The number of methoxy groups -OCH3 is 1. The number of ether oxygens (including phenoxy) is 2. The molecular formula is C17H24ClNO4. The van der Waals surface area contributed by atoms with Gasteiger partial charge in [-0.1, -0.05) is 30.7 Å². The number of nitrogens with one attached hydrogen (secondary N) is 1. The second-order valence-corrected chi connectivity index (χ2v) is 6.25. The van der Waals surface area contributed by atoms with Gasteiger partial charge in [0, 0.05) is 18.7 Å². The van der Waals surface area contributed by atoms with Crippen LogP contribution in [0.15, 0.2) is 24.3 Å². The van der Waals surface area contributed by atoms with E-state index in [1.54, 1.807) is 38.3 Å². The predicted octanol–water partition coefficient (Wildman–Crippen LogP) is 2.25. The van der Waals surface area contributed by atoms with Crippen LogP contribution in [0.4, 0.5) is 0 Å². The quantitative estimate of drug-likeness (QED) is 0.798. The molecule has 128 valence electrons. The number of hydrogen-bond donors (Lipinski definition) is 2. The first-order valence-corrected chi connectivity index (χ1v) is 8.29. The largest absolute Gasteiger partial charge is 0.382 e. The van der Waals surface area contributed by atoms with E-state index in [2.05, 4.69) is 5.32 Å². The summed E-state index contributed by atoms with van der Waals surface area (Å²) in [5.41, 5.74) is -1.15. The molecule has 2 rings (SSSR count). The zero-order valence-electron chi connectivity index (χ0n) is 13.5. The fourth-order valence-electron chi connectivity index (χ4n) is 2.87. The van der Waals surface area contributed by atoms with Crippen molar-refractivity contribution in [3.05, 3.63) is 34.9 Å². The summed E-state index contributed by atoms with van der Waals surface area (Å²) < 4.78 is 10.8. The van der Waals surface area contributed by atoms with Crippen molar-refractivity contribution in [1.29, 1.82) is 0 Å². The molecule has 1 fully saturated rings. The molecule has 0 saturated carbocycles. The van der Waals surface area contributed by atoms with Crippen molar-refractivity contribution in [2.45, 2.75) is 43.9 Å². The molecule has 6 heteroatoms. The number of rotatable bonds is 7. The molecule has 1 heterocycles. The highest BCUT2D eigenvalue weighted by Gasteiger charge is 2.39. The summed E-state index contributed by atoms with van der Waals surface area (Å²) in [6.07, 6.45) is 1.99. The molecule has 2 N–H and O–H groups in total. The lowest BCUT2D eigenvalue weighted by Gasteiger charge is -2.31. The zero-order chi connectivity index (χ0) is 16.9. The first-order valence-electron chi connectivity index (χ1n) is 7.91. The number of benzene rings is 1. The lowest BCUT2D eigenvalue weighted by Crippen LogP contribution is -2.53. The van der Waals surface area contributed by atoms with Gasteiger partial charge in [-0.3, -0.25) is 4.79 Å². The summed E-state index contributed by atoms with van der Waals surface area (Å²) in [7, 11) is 1.58. The van der Waals surface area contributed by atoms with Gasteiger partial charge in [0.05, 0.1) is 18.8 Å². The number of hydrogen-bond acceptors (Lipinski definition) is 4. The van der Waals surface area contributed by atoms with Gasteiger partial charge in [-0.15, -0.1) is 0 Å². The Morgan fingerprint density at radius 1 is 1.61 bits per heavy atom. The van der Waals surface area contributed by atoms with Crippen molar-refractivity contribution >= 4 is 17.5 Å². The molecule has 1 aliphatic heterocycles. The zero-order valence-corrected chi connectivity index (χ0v) is 14.3. The van der Waals surface area contributed by atoms with E-state index >= 15 is 0 Å². The maximum absolute atomic E-state index is 12.7. The number of carbonyl (C=O) groups is 1. The summed E-state index contributed by atoms with van der Waals surface area (Å²) in [5, 5.41) is 14.3. The van der Waals surface area contributed by atoms with Gasteiger partial charge < -0.3 is 19.9 Å². The van der Waals surface area contributed by atoms with Gasteiger partial charge in [0.15, 0.2) is 5.60 Å². The first-order chi connectivity index (χ1) is 11.0. The van der Waals surface area contributed by atoms with Crippen LogP contribution < -0.4 is 5.32 Å². The van der Waals surface area contributed by atoms with Crippen LogP contribution in [-0.4, -0.2) is 43.5 Å². The Morgan fingerprint density at radius 3 is 2.96 bits per heavy atom. The van der Waals surface area contributed by atoms with Crippen molar-refractivity contribution in [3.63, 3.8) is 0 Å². The predicted molar refractivity (Wildman–Crippen MR) is 88.4 cm³/mol. The van der Waals surface area contributed by atoms with Crippen molar-refractivity contribution in [3.8, 4) is 0 Å². The average Bonchev–Trinajstić information content (AvgIpc) is 3.08. The van der Waals surface area contributed by atoms with Crippen molar-refractivity contribution in [2.24, 2.45) is 0 Å². The maximum atomic E-state index is 12.7. The van der Waals surface area contributed by atoms with Crippen LogP contribution in [0.1, 0.15) is 31.7 Å². The van der Waals surface area contributed by atoms with E-state index in [1.807, 2.05) is 0 Å². The van der Waals surface area contributed by atoms with Gasteiger partial charge >= 0.3 is 0 Å². The Bertz CT molecular complexity index is 533. The third-order valence-corrected chi connectivity index (χ3v) is 4.50. The molecule has 3 atom stereocenters. The van der Waals surface area contributed by atoms with Crippen LogP contribution >= 0.6 is 11.6 Å². The normalized spacial score (nSPS) is 21.7. The van der Waals surface area contributed by atoms with E-state index in [0.717, 1.165) is 12.8 Å². The highest BCUT2D eigenvalue weighted by molar-refractivity contribution is 6.30. The Morgan fingerprint density at radius 2 is 2.39 bits per heavy atom. The molecule has 0 radical (unpaired) electrons. The number of aliphatic hydroxyl groups is 1. The molecule has 23 heavy (non-hydrogen) atoms. The molecule has 0 aliphatic carbocycles. The van der Waals surface area contributed by atoms with Crippen molar-refractivity contribution < 1.29 is 19.4 Å². The fourth-order valence-corrected chi connectivity index (χ4v) is 3.06. The van der Waals surface area contributed by atoms with E-state index in [1.165, 1.54) is 0 Å². The Balaban J connectivity index is 2.17. The van der Waals surface area contributed by atoms with Gasteiger partial charge in [-0.25, -0.2) is 0 Å². The molecule has 0 spiro atoms. The number of amides is 1. The lowest BCUT2D eigenvalue weighted by molar-refractivity contribution is -0.143. The minimum atomic E-state index is -1.63. The monoisotopic (exact) mass is 341 g/mol. The van der Waals surface area contributed by atoms with Gasteiger partial charge in [-0.05, 0) is 37.0 Å². The molecule has 5 nitrogen and oxygen atoms in total. The molecule has 1 amide bonds. The smallest absolute Gasteiger partial charge is 0.256 e. The maximum Gasteiger partial charge on any atom is 0.256 e. The molecule has 1 aliphatic rings. The molecule has 1 aromatic rings. The van der Waals surface area contributed by atoms with Crippen molar-refractivity contribution in [2.75, 3.05) is 20.3 Å². The molecule has 0 aromatic heterocycles. The fraction of sp³-hybridized carbons (Fsp3) is 0.588. The van der Waals surface area contributed by atoms with Gasteiger partial charge in [0.25, 0.3) is 5.91 Å². The summed E-state index contributed by atoms with van der Waals surface area (Å²) in [6.45, 7) is 2.79. The minimum Gasteiger partial charge on any atom is -0.382 e. The third-order valence-electron chi connectivity index (χ3n) is 4.27. The number of carbonyl (C=O) groups excluding carboxylic acids is 1. The topological polar surface area (TPSA) is 67.8 Å².